The first kappa shape index (κ1) is 15.4. The molecule has 0 aliphatic carbocycles. The third-order valence-corrected chi connectivity index (χ3v) is 4.83. The number of hydrogen-bond acceptors (Lipinski definition) is 3. The van der Waals surface area contributed by atoms with E-state index in [4.69, 9.17) is 5.11 Å². The first-order chi connectivity index (χ1) is 8.45. The highest BCUT2D eigenvalue weighted by Gasteiger charge is 2.27. The fraction of sp³-hybridized carbons (Fsp3) is 0.909. The minimum absolute atomic E-state index is 0.172. The molecule has 0 aromatic rings. The molecule has 1 heterocycles. The van der Waals surface area contributed by atoms with E-state index in [9.17, 15) is 13.2 Å². The number of carbonyl (C=O) groups is 1. The molecular formula is C11H22N2O4S. The molecule has 0 atom stereocenters. The van der Waals surface area contributed by atoms with Crippen LogP contribution in [0.5, 0.6) is 0 Å². The maximum Gasteiger partial charge on any atom is 0.303 e. The topological polar surface area (TPSA) is 86.7 Å². The highest BCUT2D eigenvalue weighted by atomic mass is 32.2. The van der Waals surface area contributed by atoms with Crippen molar-refractivity contribution in [2.24, 2.45) is 5.92 Å². The van der Waals surface area contributed by atoms with Crippen LogP contribution in [0.1, 0.15) is 39.0 Å². The van der Waals surface area contributed by atoms with Gasteiger partial charge in [0.1, 0.15) is 0 Å². The van der Waals surface area contributed by atoms with Crippen molar-refractivity contribution in [2.45, 2.75) is 39.0 Å². The lowest BCUT2D eigenvalue weighted by atomic mass is 9.93. The van der Waals surface area contributed by atoms with Crippen molar-refractivity contribution >= 4 is 16.2 Å². The van der Waals surface area contributed by atoms with Crippen molar-refractivity contribution < 1.29 is 18.3 Å². The number of aliphatic carboxylic acids is 1. The van der Waals surface area contributed by atoms with Gasteiger partial charge in [-0.05, 0) is 31.6 Å². The third kappa shape index (κ3) is 4.91. The maximum atomic E-state index is 11.8. The molecule has 0 bridgehead atoms. The van der Waals surface area contributed by atoms with Crippen molar-refractivity contribution in [3.63, 3.8) is 0 Å². The monoisotopic (exact) mass is 278 g/mol. The molecule has 0 aromatic carbocycles. The zero-order valence-electron chi connectivity index (χ0n) is 10.8. The van der Waals surface area contributed by atoms with Gasteiger partial charge < -0.3 is 5.11 Å². The second-order valence-electron chi connectivity index (χ2n) is 4.67. The molecule has 0 saturated carbocycles. The first-order valence-corrected chi connectivity index (χ1v) is 7.86. The van der Waals surface area contributed by atoms with Crippen molar-refractivity contribution in [3.8, 4) is 0 Å². The van der Waals surface area contributed by atoms with Gasteiger partial charge in [-0.3, -0.25) is 4.79 Å². The minimum Gasteiger partial charge on any atom is -0.481 e. The Morgan fingerprint density at radius 1 is 1.39 bits per heavy atom. The number of piperidine rings is 1. The predicted octanol–water partition coefficient (Wildman–Crippen LogP) is 0.808. The van der Waals surface area contributed by atoms with Crippen molar-refractivity contribution in [2.75, 3.05) is 19.6 Å². The normalized spacial score (nSPS) is 18.9. The van der Waals surface area contributed by atoms with Gasteiger partial charge in [0.15, 0.2) is 0 Å². The Hall–Kier alpha value is -0.660. The highest BCUT2D eigenvalue weighted by molar-refractivity contribution is 7.87. The number of nitrogens with one attached hydrogen (secondary N) is 1. The van der Waals surface area contributed by atoms with E-state index in [-0.39, 0.29) is 6.42 Å². The summed E-state index contributed by atoms with van der Waals surface area (Å²) in [5.74, 6) is -0.451. The summed E-state index contributed by atoms with van der Waals surface area (Å²) in [7, 11) is -3.33. The second kappa shape index (κ2) is 7.06. The molecule has 1 saturated heterocycles. The quantitative estimate of drug-likeness (QED) is 0.721. The van der Waals surface area contributed by atoms with E-state index in [2.05, 4.69) is 4.72 Å². The zero-order chi connectivity index (χ0) is 13.6. The molecule has 1 rings (SSSR count). The average molecular weight is 278 g/mol. The molecule has 2 N–H and O–H groups in total. The Balaban J connectivity index is 2.36. The van der Waals surface area contributed by atoms with Gasteiger partial charge in [0.25, 0.3) is 10.2 Å². The van der Waals surface area contributed by atoms with Gasteiger partial charge in [-0.1, -0.05) is 6.92 Å². The number of carboxylic acid groups (broad SMARTS) is 1. The van der Waals surface area contributed by atoms with E-state index < -0.39 is 16.2 Å². The summed E-state index contributed by atoms with van der Waals surface area (Å²) in [6, 6.07) is 0. The summed E-state index contributed by atoms with van der Waals surface area (Å²) >= 11 is 0. The van der Waals surface area contributed by atoms with E-state index in [1.807, 2.05) is 6.92 Å². The van der Waals surface area contributed by atoms with Crippen LogP contribution < -0.4 is 4.72 Å². The molecule has 1 fully saturated rings. The molecule has 0 aromatic heterocycles. The van der Waals surface area contributed by atoms with Crippen LogP contribution in [0.25, 0.3) is 0 Å². The summed E-state index contributed by atoms with van der Waals surface area (Å²) < 4.78 is 27.7. The summed E-state index contributed by atoms with van der Waals surface area (Å²) in [4.78, 5) is 10.5. The standard InChI is InChI=1S/C11H22N2O4S/c1-2-7-12-18(16,17)13-8-5-10(6-9-13)3-4-11(14)15/h10,12H,2-9H2,1H3,(H,14,15). The molecule has 6 nitrogen and oxygen atoms in total. The average Bonchev–Trinajstić information content (AvgIpc) is 2.34. The molecule has 7 heteroatoms. The van der Waals surface area contributed by atoms with E-state index in [0.29, 0.717) is 32.0 Å². The summed E-state index contributed by atoms with van der Waals surface area (Å²) in [5, 5.41) is 8.61. The fourth-order valence-electron chi connectivity index (χ4n) is 2.09. The van der Waals surface area contributed by atoms with Crippen LogP contribution in [0.15, 0.2) is 0 Å². The van der Waals surface area contributed by atoms with Gasteiger partial charge >= 0.3 is 5.97 Å². The Kier molecular flexibility index (Phi) is 6.04. The highest BCUT2D eigenvalue weighted by Crippen LogP contribution is 2.23. The minimum atomic E-state index is -3.33. The SMILES string of the molecule is CCCNS(=O)(=O)N1CCC(CCC(=O)O)CC1. The molecule has 0 spiro atoms. The van der Waals surface area contributed by atoms with Gasteiger partial charge in [0.05, 0.1) is 0 Å². The van der Waals surface area contributed by atoms with E-state index in [1.54, 1.807) is 0 Å². The van der Waals surface area contributed by atoms with Gasteiger partial charge in [0.2, 0.25) is 0 Å². The molecule has 106 valence electrons. The maximum absolute atomic E-state index is 11.8. The largest absolute Gasteiger partial charge is 0.481 e. The van der Waals surface area contributed by atoms with Gasteiger partial charge in [0, 0.05) is 26.1 Å². The number of rotatable bonds is 7. The molecule has 1 aliphatic rings. The predicted molar refractivity (Wildman–Crippen MR) is 68.4 cm³/mol. The van der Waals surface area contributed by atoms with Gasteiger partial charge in [-0.15, -0.1) is 0 Å². The summed E-state index contributed by atoms with van der Waals surface area (Å²) in [5.41, 5.74) is 0. The number of nitrogens with zero attached hydrogens (tertiary/aromatic N) is 1. The third-order valence-electron chi connectivity index (χ3n) is 3.21. The Labute approximate surface area is 109 Å². The second-order valence-corrected chi connectivity index (χ2v) is 6.43. The fourth-order valence-corrected chi connectivity index (χ4v) is 3.42. The van der Waals surface area contributed by atoms with Gasteiger partial charge in [-0.2, -0.15) is 12.7 Å². The summed E-state index contributed by atoms with van der Waals surface area (Å²) in [6.07, 6.45) is 3.09. The Morgan fingerprint density at radius 3 is 2.50 bits per heavy atom. The molecule has 18 heavy (non-hydrogen) atoms. The first-order valence-electron chi connectivity index (χ1n) is 6.42. The Bertz CT molecular complexity index is 361. The van der Waals surface area contributed by atoms with E-state index in [0.717, 1.165) is 19.3 Å². The number of carboxylic acids is 1. The van der Waals surface area contributed by atoms with Gasteiger partial charge in [-0.25, -0.2) is 4.72 Å². The summed E-state index contributed by atoms with van der Waals surface area (Å²) in [6.45, 7) is 3.36. The molecule has 1 aliphatic heterocycles. The lowest BCUT2D eigenvalue weighted by molar-refractivity contribution is -0.137. The van der Waals surface area contributed by atoms with Crippen LogP contribution in [-0.4, -0.2) is 43.4 Å². The van der Waals surface area contributed by atoms with Crippen molar-refractivity contribution in [3.05, 3.63) is 0 Å². The van der Waals surface area contributed by atoms with Crippen molar-refractivity contribution in [1.82, 2.24) is 9.03 Å². The van der Waals surface area contributed by atoms with Crippen LogP contribution in [0.3, 0.4) is 0 Å². The van der Waals surface area contributed by atoms with Crippen LogP contribution in [0.4, 0.5) is 0 Å². The van der Waals surface area contributed by atoms with Crippen LogP contribution in [0.2, 0.25) is 0 Å². The van der Waals surface area contributed by atoms with Crippen LogP contribution in [-0.2, 0) is 15.0 Å². The molecule has 0 radical (unpaired) electrons. The van der Waals surface area contributed by atoms with E-state index >= 15 is 0 Å². The zero-order valence-corrected chi connectivity index (χ0v) is 11.6. The molecule has 0 unspecified atom stereocenters. The number of hydrogen-bond donors (Lipinski definition) is 2. The van der Waals surface area contributed by atoms with Crippen LogP contribution in [0, 0.1) is 5.92 Å². The lowest BCUT2D eigenvalue weighted by Gasteiger charge is -2.30. The molecule has 0 amide bonds. The van der Waals surface area contributed by atoms with Crippen LogP contribution >= 0.6 is 0 Å². The lowest BCUT2D eigenvalue weighted by Crippen LogP contribution is -2.45. The Morgan fingerprint density at radius 2 is 2.00 bits per heavy atom. The smallest absolute Gasteiger partial charge is 0.303 e. The molecular weight excluding hydrogens is 256 g/mol. The van der Waals surface area contributed by atoms with E-state index in [1.165, 1.54) is 4.31 Å². The van der Waals surface area contributed by atoms with Crippen molar-refractivity contribution in [1.29, 1.82) is 0 Å².